The number of nitrogens with two attached hydrogens (primary N) is 1. The molecule has 0 radical (unpaired) electrons. The maximum Gasteiger partial charge on any atom is 0.393 e. The maximum atomic E-state index is 13.8. The van der Waals surface area contributed by atoms with Crippen molar-refractivity contribution < 1.29 is 17.9 Å². The van der Waals surface area contributed by atoms with Gasteiger partial charge in [-0.2, -0.15) is 18.2 Å². The van der Waals surface area contributed by atoms with Gasteiger partial charge in [0.2, 0.25) is 11.8 Å². The van der Waals surface area contributed by atoms with Crippen LogP contribution in [0.1, 0.15) is 29.9 Å². The summed E-state index contributed by atoms with van der Waals surface area (Å²) in [4.78, 5) is 15.6. The van der Waals surface area contributed by atoms with Gasteiger partial charge in [-0.25, -0.2) is 4.98 Å². The minimum atomic E-state index is -4.50. The number of hydrogen-bond donors (Lipinski definition) is 2. The molecule has 7 nitrogen and oxygen atoms in total. The van der Waals surface area contributed by atoms with Crippen molar-refractivity contribution in [2.75, 3.05) is 31.9 Å². The van der Waals surface area contributed by atoms with Gasteiger partial charge < -0.3 is 15.4 Å². The number of aliphatic imine (C=N–C) groups is 1. The highest BCUT2D eigenvalue weighted by molar-refractivity contribution is 8.05. The molecule has 2 aromatic carbocycles. The number of alkyl halides is 3. The van der Waals surface area contributed by atoms with Crippen LogP contribution in [0.25, 0.3) is 11.3 Å². The monoisotopic (exact) mass is 556 g/mol. The van der Waals surface area contributed by atoms with Gasteiger partial charge in [-0.1, -0.05) is 42.5 Å². The van der Waals surface area contributed by atoms with Crippen molar-refractivity contribution in [3.8, 4) is 22.9 Å². The second-order valence-corrected chi connectivity index (χ2v) is 10.1. The van der Waals surface area contributed by atoms with Crippen molar-refractivity contribution in [1.29, 1.82) is 0 Å². The molecule has 1 aliphatic heterocycles. The van der Waals surface area contributed by atoms with E-state index in [4.69, 9.17) is 10.5 Å². The van der Waals surface area contributed by atoms with E-state index in [-0.39, 0.29) is 23.1 Å². The standard InChI is InChI=1S/C28H31F3N6OS/c1-33-18-23(17-32)39-36-27-34-25(21-6-4-3-5-7-21)24(16-28(29,30)31)26(35-27)38-22-10-8-19(9-11-22)20-12-14-37(2)15-13-20/h3-11,17-18,20H,12-16,32H2,1-2H3,(H,34,35,36). The van der Waals surface area contributed by atoms with Gasteiger partial charge in [0.15, 0.2) is 0 Å². The number of rotatable bonds is 9. The third kappa shape index (κ3) is 7.96. The lowest BCUT2D eigenvalue weighted by Crippen LogP contribution is -2.29. The number of piperidine rings is 1. The number of benzene rings is 2. The number of likely N-dealkylation sites (tertiary alicyclic amines) is 1. The van der Waals surface area contributed by atoms with Crippen molar-refractivity contribution >= 4 is 24.1 Å². The number of hydrogen-bond acceptors (Lipinski definition) is 8. The summed E-state index contributed by atoms with van der Waals surface area (Å²) in [5.74, 6) is 0.751. The van der Waals surface area contributed by atoms with Crippen LogP contribution in [0.5, 0.6) is 11.6 Å². The van der Waals surface area contributed by atoms with E-state index >= 15 is 0 Å². The molecule has 0 amide bonds. The van der Waals surface area contributed by atoms with Crippen LogP contribution in [-0.2, 0) is 6.42 Å². The molecule has 0 bridgehead atoms. The SMILES string of the molecule is CN=CC(=CN)SNc1nc(Oc2ccc(C3CCN(C)CC3)cc2)c(CC(F)(F)F)c(-c2ccccc2)n1. The molecule has 1 aliphatic rings. The normalized spacial score (nSPS) is 15.6. The molecule has 39 heavy (non-hydrogen) atoms. The van der Waals surface area contributed by atoms with Gasteiger partial charge in [-0.15, -0.1) is 0 Å². The van der Waals surface area contributed by atoms with Crippen molar-refractivity contribution in [1.82, 2.24) is 14.9 Å². The first-order chi connectivity index (χ1) is 18.8. The number of anilines is 1. The molecular weight excluding hydrogens is 525 g/mol. The summed E-state index contributed by atoms with van der Waals surface area (Å²) in [6.45, 7) is 2.07. The summed E-state index contributed by atoms with van der Waals surface area (Å²) in [6, 6.07) is 16.2. The minimum Gasteiger partial charge on any atom is -0.439 e. The van der Waals surface area contributed by atoms with Crippen LogP contribution in [-0.4, -0.2) is 54.4 Å². The summed E-state index contributed by atoms with van der Waals surface area (Å²) >= 11 is 1.09. The fourth-order valence-electron chi connectivity index (χ4n) is 4.38. The van der Waals surface area contributed by atoms with Gasteiger partial charge in [-0.3, -0.25) is 9.71 Å². The van der Waals surface area contributed by atoms with Gasteiger partial charge in [0, 0.05) is 25.0 Å². The largest absolute Gasteiger partial charge is 0.439 e. The summed E-state index contributed by atoms with van der Waals surface area (Å²) in [7, 11) is 3.72. The average molecular weight is 557 g/mol. The van der Waals surface area contributed by atoms with Crippen molar-refractivity contribution in [3.05, 3.63) is 76.8 Å². The molecule has 0 saturated carbocycles. The van der Waals surface area contributed by atoms with E-state index in [0.717, 1.165) is 37.9 Å². The molecule has 3 aromatic rings. The van der Waals surface area contributed by atoms with Crippen molar-refractivity contribution in [2.45, 2.75) is 31.4 Å². The number of nitrogens with zero attached hydrogens (tertiary/aromatic N) is 4. The van der Waals surface area contributed by atoms with Gasteiger partial charge in [-0.05, 0) is 68.5 Å². The predicted molar refractivity (Wildman–Crippen MR) is 151 cm³/mol. The highest BCUT2D eigenvalue weighted by Crippen LogP contribution is 2.37. The molecule has 0 unspecified atom stereocenters. The summed E-state index contributed by atoms with van der Waals surface area (Å²) < 4.78 is 50.2. The summed E-state index contributed by atoms with van der Waals surface area (Å²) in [6.07, 6.45) is -0.730. The molecule has 1 aromatic heterocycles. The lowest BCUT2D eigenvalue weighted by molar-refractivity contribution is -0.127. The van der Waals surface area contributed by atoms with Crippen LogP contribution in [0.3, 0.4) is 0 Å². The lowest BCUT2D eigenvalue weighted by atomic mass is 9.90. The van der Waals surface area contributed by atoms with E-state index in [2.05, 4.69) is 31.6 Å². The molecule has 1 saturated heterocycles. The number of halogens is 3. The van der Waals surface area contributed by atoms with Gasteiger partial charge >= 0.3 is 6.18 Å². The minimum absolute atomic E-state index is 0.0755. The van der Waals surface area contributed by atoms with Gasteiger partial charge in [0.25, 0.3) is 0 Å². The van der Waals surface area contributed by atoms with Crippen LogP contribution in [0.15, 0.2) is 70.7 Å². The Balaban J connectivity index is 1.70. The Hall–Kier alpha value is -3.57. The smallest absolute Gasteiger partial charge is 0.393 e. The van der Waals surface area contributed by atoms with Gasteiger partial charge in [0.1, 0.15) is 5.75 Å². The van der Waals surface area contributed by atoms with Crippen molar-refractivity contribution in [2.24, 2.45) is 10.7 Å². The zero-order chi connectivity index (χ0) is 27.8. The average Bonchev–Trinajstić information content (AvgIpc) is 2.93. The van der Waals surface area contributed by atoms with E-state index in [1.807, 2.05) is 12.1 Å². The first-order valence-electron chi connectivity index (χ1n) is 12.5. The molecule has 11 heteroatoms. The Morgan fingerprint density at radius 3 is 2.44 bits per heavy atom. The fourth-order valence-corrected chi connectivity index (χ4v) is 4.91. The molecule has 0 aliphatic carbocycles. The van der Waals surface area contributed by atoms with E-state index < -0.39 is 12.6 Å². The zero-order valence-corrected chi connectivity index (χ0v) is 22.6. The van der Waals surface area contributed by atoms with Crippen molar-refractivity contribution in [3.63, 3.8) is 0 Å². The number of ether oxygens (including phenoxy) is 1. The Morgan fingerprint density at radius 1 is 1.13 bits per heavy atom. The second-order valence-electron chi connectivity index (χ2n) is 9.25. The second kappa shape index (κ2) is 13.0. The van der Waals surface area contributed by atoms with Crippen LogP contribution < -0.4 is 15.2 Å². The van der Waals surface area contributed by atoms with E-state index in [1.54, 1.807) is 49.5 Å². The maximum absolute atomic E-state index is 13.8. The third-order valence-corrected chi connectivity index (χ3v) is 7.12. The first-order valence-corrected chi connectivity index (χ1v) is 13.3. The third-order valence-electron chi connectivity index (χ3n) is 6.36. The Kier molecular flexibility index (Phi) is 9.47. The van der Waals surface area contributed by atoms with Gasteiger partial charge in [0.05, 0.1) is 22.6 Å². The molecular formula is C28H31F3N6OS. The topological polar surface area (TPSA) is 88.7 Å². The summed E-state index contributed by atoms with van der Waals surface area (Å²) in [5.41, 5.74) is 7.33. The molecule has 1 fully saturated rings. The Morgan fingerprint density at radius 2 is 1.82 bits per heavy atom. The number of nitrogens with one attached hydrogen (secondary N) is 1. The van der Waals surface area contributed by atoms with Crippen LogP contribution in [0.2, 0.25) is 0 Å². The van der Waals surface area contributed by atoms with Crippen LogP contribution >= 0.6 is 11.9 Å². The Labute approximate surface area is 230 Å². The summed E-state index contributed by atoms with van der Waals surface area (Å²) in [5, 5.41) is 0. The van der Waals surface area contributed by atoms with E-state index in [9.17, 15) is 13.2 Å². The molecule has 3 N–H and O–H groups in total. The number of aromatic nitrogens is 2. The van der Waals surface area contributed by atoms with E-state index in [1.165, 1.54) is 18.0 Å². The highest BCUT2D eigenvalue weighted by atomic mass is 32.2. The highest BCUT2D eigenvalue weighted by Gasteiger charge is 2.33. The van der Waals surface area contributed by atoms with Crippen LogP contribution in [0, 0.1) is 0 Å². The molecule has 0 spiro atoms. The first kappa shape index (κ1) is 28.4. The quantitative estimate of drug-likeness (QED) is 0.233. The molecule has 0 atom stereocenters. The fraction of sp³-hybridized carbons (Fsp3) is 0.321. The molecule has 4 rings (SSSR count). The zero-order valence-electron chi connectivity index (χ0n) is 21.8. The predicted octanol–water partition coefficient (Wildman–Crippen LogP) is 6.41. The number of allylic oxidation sites excluding steroid dienone is 1. The van der Waals surface area contributed by atoms with Crippen LogP contribution in [0.4, 0.5) is 19.1 Å². The molecule has 2 heterocycles. The lowest BCUT2D eigenvalue weighted by Gasteiger charge is -2.29. The van der Waals surface area contributed by atoms with E-state index in [0.29, 0.717) is 22.1 Å². The molecule has 206 valence electrons. The Bertz CT molecular complexity index is 1290.